The Kier molecular flexibility index (Phi) is 2.89. The standard InChI is InChI=1S/C9H10N2O4/c1-5-3-7(6(2)10-13)9(12)8(4-5)11(14)15/h3-4,12-13H,1-2H3/b10-6+. The molecule has 0 saturated heterocycles. The molecular weight excluding hydrogens is 200 g/mol. The van der Waals surface area contributed by atoms with Crippen LogP contribution in [0.25, 0.3) is 0 Å². The average molecular weight is 210 g/mol. The van der Waals surface area contributed by atoms with Crippen molar-refractivity contribution in [2.45, 2.75) is 13.8 Å². The highest BCUT2D eigenvalue weighted by molar-refractivity contribution is 6.01. The van der Waals surface area contributed by atoms with Gasteiger partial charge in [-0.1, -0.05) is 5.16 Å². The summed E-state index contributed by atoms with van der Waals surface area (Å²) in [6.07, 6.45) is 0. The lowest BCUT2D eigenvalue weighted by molar-refractivity contribution is -0.385. The molecule has 0 heterocycles. The summed E-state index contributed by atoms with van der Waals surface area (Å²) >= 11 is 0. The largest absolute Gasteiger partial charge is 0.502 e. The van der Waals surface area contributed by atoms with Gasteiger partial charge in [0, 0.05) is 11.6 Å². The van der Waals surface area contributed by atoms with E-state index >= 15 is 0 Å². The Balaban J connectivity index is 3.48. The minimum Gasteiger partial charge on any atom is -0.502 e. The second-order valence-electron chi connectivity index (χ2n) is 3.12. The molecule has 80 valence electrons. The van der Waals surface area contributed by atoms with E-state index in [2.05, 4.69) is 5.16 Å². The maximum absolute atomic E-state index is 10.6. The van der Waals surface area contributed by atoms with Gasteiger partial charge in [-0.05, 0) is 25.5 Å². The molecule has 0 aliphatic rings. The summed E-state index contributed by atoms with van der Waals surface area (Å²) < 4.78 is 0. The van der Waals surface area contributed by atoms with Crippen LogP contribution in [0.5, 0.6) is 5.75 Å². The highest BCUT2D eigenvalue weighted by Gasteiger charge is 2.19. The Morgan fingerprint density at radius 1 is 1.53 bits per heavy atom. The monoisotopic (exact) mass is 210 g/mol. The summed E-state index contributed by atoms with van der Waals surface area (Å²) in [4.78, 5) is 9.90. The van der Waals surface area contributed by atoms with Crippen molar-refractivity contribution in [3.05, 3.63) is 33.4 Å². The Hall–Kier alpha value is -2.11. The van der Waals surface area contributed by atoms with Crippen LogP contribution in [0.2, 0.25) is 0 Å². The molecule has 0 aromatic heterocycles. The van der Waals surface area contributed by atoms with Gasteiger partial charge in [0.2, 0.25) is 5.75 Å². The van der Waals surface area contributed by atoms with Gasteiger partial charge in [0.15, 0.2) is 0 Å². The normalized spacial score (nSPS) is 11.5. The van der Waals surface area contributed by atoms with E-state index in [1.54, 1.807) is 6.92 Å². The first-order valence-corrected chi connectivity index (χ1v) is 4.14. The van der Waals surface area contributed by atoms with Crippen LogP contribution in [-0.4, -0.2) is 20.9 Å². The lowest BCUT2D eigenvalue weighted by Crippen LogP contribution is -1.99. The molecule has 6 nitrogen and oxygen atoms in total. The lowest BCUT2D eigenvalue weighted by atomic mass is 10.1. The quantitative estimate of drug-likeness (QED) is 0.336. The molecule has 2 N–H and O–H groups in total. The van der Waals surface area contributed by atoms with Gasteiger partial charge in [0.1, 0.15) is 0 Å². The fourth-order valence-corrected chi connectivity index (χ4v) is 1.23. The predicted octanol–water partition coefficient (Wildman–Crippen LogP) is 1.81. The molecule has 0 unspecified atom stereocenters. The Labute approximate surface area is 85.6 Å². The van der Waals surface area contributed by atoms with Crippen molar-refractivity contribution < 1.29 is 15.2 Å². The summed E-state index contributed by atoms with van der Waals surface area (Å²) in [7, 11) is 0. The first-order chi connectivity index (χ1) is 6.97. The molecule has 0 aliphatic heterocycles. The van der Waals surface area contributed by atoms with Crippen LogP contribution in [0.15, 0.2) is 17.3 Å². The maximum Gasteiger partial charge on any atom is 0.311 e. The molecule has 1 aromatic rings. The molecule has 0 spiro atoms. The molecule has 1 rings (SSSR count). The van der Waals surface area contributed by atoms with Crippen LogP contribution in [0.1, 0.15) is 18.1 Å². The zero-order valence-electron chi connectivity index (χ0n) is 8.26. The molecule has 0 atom stereocenters. The summed E-state index contributed by atoms with van der Waals surface area (Å²) in [5.74, 6) is -0.485. The van der Waals surface area contributed by atoms with Crippen molar-refractivity contribution in [1.82, 2.24) is 0 Å². The lowest BCUT2D eigenvalue weighted by Gasteiger charge is -2.04. The molecule has 0 radical (unpaired) electrons. The van der Waals surface area contributed by atoms with Gasteiger partial charge in [-0.25, -0.2) is 0 Å². The molecular formula is C9H10N2O4. The first-order valence-electron chi connectivity index (χ1n) is 4.14. The topological polar surface area (TPSA) is 96.0 Å². The molecule has 0 fully saturated rings. The third kappa shape index (κ3) is 2.04. The number of hydrogen-bond donors (Lipinski definition) is 2. The average Bonchev–Trinajstić information content (AvgIpc) is 2.19. The molecule has 15 heavy (non-hydrogen) atoms. The predicted molar refractivity (Wildman–Crippen MR) is 53.5 cm³/mol. The van der Waals surface area contributed by atoms with E-state index < -0.39 is 16.4 Å². The molecule has 0 amide bonds. The highest BCUT2D eigenvalue weighted by atomic mass is 16.6. The Morgan fingerprint density at radius 2 is 2.13 bits per heavy atom. The van der Waals surface area contributed by atoms with Crippen molar-refractivity contribution in [2.24, 2.45) is 5.16 Å². The third-order valence-electron chi connectivity index (χ3n) is 1.97. The van der Waals surface area contributed by atoms with E-state index in [4.69, 9.17) is 5.21 Å². The van der Waals surface area contributed by atoms with Gasteiger partial charge in [-0.3, -0.25) is 10.1 Å². The van der Waals surface area contributed by atoms with E-state index in [9.17, 15) is 15.2 Å². The van der Waals surface area contributed by atoms with Crippen LogP contribution < -0.4 is 0 Å². The molecule has 6 heteroatoms. The Morgan fingerprint density at radius 3 is 2.60 bits per heavy atom. The number of oxime groups is 1. The Bertz CT molecular complexity index is 440. The highest BCUT2D eigenvalue weighted by Crippen LogP contribution is 2.31. The van der Waals surface area contributed by atoms with Crippen molar-refractivity contribution in [3.8, 4) is 5.75 Å². The second-order valence-corrected chi connectivity index (χ2v) is 3.12. The number of hydrogen-bond acceptors (Lipinski definition) is 5. The summed E-state index contributed by atoms with van der Waals surface area (Å²) in [6.45, 7) is 3.10. The van der Waals surface area contributed by atoms with E-state index in [1.807, 2.05) is 0 Å². The molecule has 1 aromatic carbocycles. The fourth-order valence-electron chi connectivity index (χ4n) is 1.23. The van der Waals surface area contributed by atoms with Gasteiger partial charge >= 0.3 is 5.69 Å². The summed E-state index contributed by atoms with van der Waals surface area (Å²) in [5, 5.41) is 31.6. The minimum atomic E-state index is -0.684. The van der Waals surface area contributed by atoms with Crippen LogP contribution >= 0.6 is 0 Å². The minimum absolute atomic E-state index is 0.124. The first kappa shape index (κ1) is 11.0. The van der Waals surface area contributed by atoms with Crippen LogP contribution in [-0.2, 0) is 0 Å². The van der Waals surface area contributed by atoms with Gasteiger partial charge in [0.25, 0.3) is 0 Å². The van der Waals surface area contributed by atoms with Gasteiger partial charge in [-0.15, -0.1) is 0 Å². The molecule has 0 aliphatic carbocycles. The summed E-state index contributed by atoms with van der Waals surface area (Å²) in [5.41, 5.74) is 0.494. The zero-order chi connectivity index (χ0) is 11.6. The molecule has 0 saturated carbocycles. The van der Waals surface area contributed by atoms with Gasteiger partial charge < -0.3 is 10.3 Å². The van der Waals surface area contributed by atoms with Crippen molar-refractivity contribution >= 4 is 11.4 Å². The fraction of sp³-hybridized carbons (Fsp3) is 0.222. The number of phenolic OH excluding ortho intramolecular Hbond substituents is 1. The van der Waals surface area contributed by atoms with E-state index in [0.717, 1.165) is 0 Å². The van der Waals surface area contributed by atoms with Crippen molar-refractivity contribution in [2.75, 3.05) is 0 Å². The van der Waals surface area contributed by atoms with Crippen LogP contribution in [0.3, 0.4) is 0 Å². The van der Waals surface area contributed by atoms with Crippen molar-refractivity contribution in [1.29, 1.82) is 0 Å². The van der Waals surface area contributed by atoms with Crippen molar-refractivity contribution in [3.63, 3.8) is 0 Å². The number of aromatic hydroxyl groups is 1. The SMILES string of the molecule is C/C(=N\O)c1cc(C)cc([N+](=O)[O-])c1O. The number of nitro groups is 1. The van der Waals surface area contributed by atoms with Gasteiger partial charge in [0.05, 0.1) is 10.6 Å². The van der Waals surface area contributed by atoms with E-state index in [1.165, 1.54) is 19.1 Å². The number of phenols is 1. The second kappa shape index (κ2) is 3.95. The van der Waals surface area contributed by atoms with E-state index in [-0.39, 0.29) is 11.3 Å². The summed E-state index contributed by atoms with van der Waals surface area (Å²) in [6, 6.07) is 2.76. The number of benzene rings is 1. The maximum atomic E-state index is 10.6. The van der Waals surface area contributed by atoms with E-state index in [0.29, 0.717) is 5.56 Å². The number of rotatable bonds is 2. The third-order valence-corrected chi connectivity index (χ3v) is 1.97. The van der Waals surface area contributed by atoms with Gasteiger partial charge in [-0.2, -0.15) is 0 Å². The number of nitrogens with zero attached hydrogens (tertiary/aromatic N) is 2. The zero-order valence-corrected chi connectivity index (χ0v) is 8.26. The van der Waals surface area contributed by atoms with Crippen LogP contribution in [0.4, 0.5) is 5.69 Å². The number of nitro benzene ring substituents is 1. The number of aryl methyl sites for hydroxylation is 1. The van der Waals surface area contributed by atoms with Crippen LogP contribution in [0, 0.1) is 17.0 Å². The molecule has 0 bridgehead atoms. The smallest absolute Gasteiger partial charge is 0.311 e.